The maximum absolute atomic E-state index is 10.5. The fourth-order valence-electron chi connectivity index (χ4n) is 3.28. The molecule has 4 unspecified atom stereocenters. The Bertz CT molecular complexity index is 785. The van der Waals surface area contributed by atoms with Crippen LogP contribution in [0, 0.1) is 5.92 Å². The molecule has 3 rings (SSSR count). The molecule has 1 heterocycles. The van der Waals surface area contributed by atoms with Crippen molar-refractivity contribution in [1.29, 1.82) is 0 Å². The lowest BCUT2D eigenvalue weighted by Crippen LogP contribution is -2.46. The molecule has 1 aliphatic rings. The SMILES string of the molecule is [N-]=[N+]=NC1C(COCc2ccccc2)CO[C@@H](O)C(O)C1OCc1ccccc1. The van der Waals surface area contributed by atoms with Gasteiger partial charge >= 0.3 is 0 Å². The zero-order chi connectivity index (χ0) is 20.5. The van der Waals surface area contributed by atoms with Gasteiger partial charge in [0, 0.05) is 10.8 Å². The van der Waals surface area contributed by atoms with Crippen molar-refractivity contribution in [2.45, 2.75) is 37.8 Å². The Morgan fingerprint density at radius 2 is 1.62 bits per heavy atom. The van der Waals surface area contributed by atoms with E-state index in [1.54, 1.807) is 0 Å². The molecule has 2 N–H and O–H groups in total. The van der Waals surface area contributed by atoms with Gasteiger partial charge in [-0.05, 0) is 16.7 Å². The molecular weight excluding hydrogens is 374 g/mol. The van der Waals surface area contributed by atoms with Gasteiger partial charge in [-0.2, -0.15) is 0 Å². The Kier molecular flexibility index (Phi) is 8.01. The van der Waals surface area contributed by atoms with Crippen molar-refractivity contribution < 1.29 is 24.4 Å². The van der Waals surface area contributed by atoms with E-state index in [2.05, 4.69) is 10.0 Å². The summed E-state index contributed by atoms with van der Waals surface area (Å²) in [6, 6.07) is 18.4. The molecule has 1 aliphatic heterocycles. The van der Waals surface area contributed by atoms with Crippen LogP contribution in [0.2, 0.25) is 0 Å². The minimum absolute atomic E-state index is 0.0713. The van der Waals surface area contributed by atoms with Crippen molar-refractivity contribution in [3.05, 3.63) is 82.2 Å². The van der Waals surface area contributed by atoms with Gasteiger partial charge in [-0.15, -0.1) is 0 Å². The normalized spacial score (nSPS) is 27.0. The molecule has 8 nitrogen and oxygen atoms in total. The second-order valence-corrected chi connectivity index (χ2v) is 6.93. The van der Waals surface area contributed by atoms with Gasteiger partial charge in [-0.3, -0.25) is 0 Å². The number of rotatable bonds is 8. The zero-order valence-electron chi connectivity index (χ0n) is 15.9. The number of nitrogens with zero attached hydrogens (tertiary/aromatic N) is 3. The molecule has 0 bridgehead atoms. The van der Waals surface area contributed by atoms with E-state index in [4.69, 9.17) is 19.7 Å². The average Bonchev–Trinajstić information content (AvgIpc) is 2.86. The molecular formula is C21H25N3O5. The van der Waals surface area contributed by atoms with E-state index in [0.717, 1.165) is 11.1 Å². The third kappa shape index (κ3) is 6.01. The Hall–Kier alpha value is -2.45. The second kappa shape index (κ2) is 10.9. The Morgan fingerprint density at radius 1 is 1.00 bits per heavy atom. The lowest BCUT2D eigenvalue weighted by molar-refractivity contribution is -0.186. The largest absolute Gasteiger partial charge is 0.385 e. The number of hydrogen-bond donors (Lipinski definition) is 2. The summed E-state index contributed by atoms with van der Waals surface area (Å²) in [7, 11) is 0. The topological polar surface area (TPSA) is 117 Å². The highest BCUT2D eigenvalue weighted by atomic mass is 16.6. The molecule has 5 atom stereocenters. The minimum Gasteiger partial charge on any atom is -0.385 e. The van der Waals surface area contributed by atoms with Gasteiger partial charge < -0.3 is 24.4 Å². The van der Waals surface area contributed by atoms with E-state index in [1.165, 1.54) is 0 Å². The van der Waals surface area contributed by atoms with Gasteiger partial charge in [0.2, 0.25) is 0 Å². The van der Waals surface area contributed by atoms with Gasteiger partial charge in [-0.1, -0.05) is 65.8 Å². The number of benzene rings is 2. The molecule has 2 aromatic rings. The van der Waals surface area contributed by atoms with Crippen LogP contribution in [-0.4, -0.2) is 48.0 Å². The smallest absolute Gasteiger partial charge is 0.183 e. The number of hydrogen-bond acceptors (Lipinski definition) is 6. The van der Waals surface area contributed by atoms with Crippen LogP contribution in [0.3, 0.4) is 0 Å². The van der Waals surface area contributed by atoms with Crippen LogP contribution in [0.25, 0.3) is 10.4 Å². The van der Waals surface area contributed by atoms with Crippen LogP contribution >= 0.6 is 0 Å². The zero-order valence-corrected chi connectivity index (χ0v) is 15.9. The summed E-state index contributed by atoms with van der Waals surface area (Å²) >= 11 is 0. The maximum atomic E-state index is 10.5. The van der Waals surface area contributed by atoms with Crippen LogP contribution in [-0.2, 0) is 27.4 Å². The molecule has 154 valence electrons. The second-order valence-electron chi connectivity index (χ2n) is 6.93. The molecule has 0 saturated carbocycles. The van der Waals surface area contributed by atoms with Gasteiger partial charge in [0.1, 0.15) is 6.10 Å². The number of aliphatic hydroxyl groups is 2. The minimum atomic E-state index is -1.44. The first kappa shape index (κ1) is 21.3. The van der Waals surface area contributed by atoms with Gasteiger partial charge in [-0.25, -0.2) is 0 Å². The van der Waals surface area contributed by atoms with E-state index < -0.39 is 24.5 Å². The van der Waals surface area contributed by atoms with Crippen LogP contribution in [0.1, 0.15) is 11.1 Å². The summed E-state index contributed by atoms with van der Waals surface area (Å²) in [5, 5.41) is 24.4. The molecule has 0 radical (unpaired) electrons. The van der Waals surface area contributed by atoms with Gasteiger partial charge in [0.05, 0.1) is 38.6 Å². The van der Waals surface area contributed by atoms with E-state index >= 15 is 0 Å². The number of azide groups is 1. The standard InChI is InChI=1S/C21H25N3O5/c22-24-23-18-17(13-27-11-15-7-3-1-4-8-15)14-29-21(26)19(25)20(18)28-12-16-9-5-2-6-10-16/h1-10,17-21,25-26H,11-14H2/t17?,18?,19?,20?,21-/m1/s1. The molecule has 0 aliphatic carbocycles. The first-order valence-electron chi connectivity index (χ1n) is 9.48. The summed E-state index contributed by atoms with van der Waals surface area (Å²) < 4.78 is 17.0. The third-order valence-corrected chi connectivity index (χ3v) is 4.84. The van der Waals surface area contributed by atoms with Crippen LogP contribution in [0.5, 0.6) is 0 Å². The third-order valence-electron chi connectivity index (χ3n) is 4.84. The van der Waals surface area contributed by atoms with Crippen molar-refractivity contribution in [2.24, 2.45) is 11.0 Å². The van der Waals surface area contributed by atoms with Gasteiger partial charge in [0.25, 0.3) is 0 Å². The monoisotopic (exact) mass is 399 g/mol. The summed E-state index contributed by atoms with van der Waals surface area (Å²) in [6.07, 6.45) is -3.73. The quantitative estimate of drug-likeness (QED) is 0.402. The highest BCUT2D eigenvalue weighted by molar-refractivity contribution is 5.14. The van der Waals surface area contributed by atoms with Crippen molar-refractivity contribution in [1.82, 2.24) is 0 Å². The lowest BCUT2D eigenvalue weighted by Gasteiger charge is -2.30. The fourth-order valence-corrected chi connectivity index (χ4v) is 3.28. The molecule has 0 aromatic heterocycles. The molecule has 1 saturated heterocycles. The molecule has 8 heteroatoms. The average molecular weight is 399 g/mol. The first-order chi connectivity index (χ1) is 14.2. The first-order valence-corrected chi connectivity index (χ1v) is 9.48. The van der Waals surface area contributed by atoms with E-state index in [9.17, 15) is 10.2 Å². The maximum Gasteiger partial charge on any atom is 0.183 e. The highest BCUT2D eigenvalue weighted by Gasteiger charge is 2.42. The van der Waals surface area contributed by atoms with Crippen molar-refractivity contribution >= 4 is 0 Å². The molecule has 29 heavy (non-hydrogen) atoms. The van der Waals surface area contributed by atoms with E-state index in [-0.39, 0.29) is 25.7 Å². The summed E-state index contributed by atoms with van der Waals surface area (Å²) in [5.41, 5.74) is 11.0. The number of ether oxygens (including phenoxy) is 3. The van der Waals surface area contributed by atoms with E-state index in [0.29, 0.717) is 6.61 Å². The summed E-state index contributed by atoms with van der Waals surface area (Å²) in [4.78, 5) is 2.92. The summed E-state index contributed by atoms with van der Waals surface area (Å²) in [6.45, 7) is 0.885. The predicted octanol–water partition coefficient (Wildman–Crippen LogP) is 2.79. The Labute approximate surface area is 169 Å². The number of aliphatic hydroxyl groups excluding tert-OH is 2. The molecule has 0 spiro atoms. The van der Waals surface area contributed by atoms with Gasteiger partial charge in [0.15, 0.2) is 6.29 Å². The molecule has 1 fully saturated rings. The Balaban J connectivity index is 1.69. The lowest BCUT2D eigenvalue weighted by atomic mass is 9.94. The Morgan fingerprint density at radius 3 is 2.24 bits per heavy atom. The fraction of sp³-hybridized carbons (Fsp3) is 0.429. The summed E-state index contributed by atoms with van der Waals surface area (Å²) in [5.74, 6) is -0.387. The van der Waals surface area contributed by atoms with Crippen LogP contribution < -0.4 is 0 Å². The van der Waals surface area contributed by atoms with Crippen LogP contribution in [0.15, 0.2) is 65.8 Å². The predicted molar refractivity (Wildman–Crippen MR) is 106 cm³/mol. The van der Waals surface area contributed by atoms with Crippen molar-refractivity contribution in [3.8, 4) is 0 Å². The highest BCUT2D eigenvalue weighted by Crippen LogP contribution is 2.26. The van der Waals surface area contributed by atoms with Crippen LogP contribution in [0.4, 0.5) is 0 Å². The van der Waals surface area contributed by atoms with Crippen molar-refractivity contribution in [3.63, 3.8) is 0 Å². The molecule has 0 amide bonds. The molecule has 2 aromatic carbocycles. The van der Waals surface area contributed by atoms with Crippen molar-refractivity contribution in [2.75, 3.05) is 13.2 Å². The van der Waals surface area contributed by atoms with E-state index in [1.807, 2.05) is 60.7 Å².